The van der Waals surface area contributed by atoms with Gasteiger partial charge in [0.15, 0.2) is 0 Å². The first-order chi connectivity index (χ1) is 7.22. The van der Waals surface area contributed by atoms with Crippen molar-refractivity contribution in [2.75, 3.05) is 0 Å². The highest BCUT2D eigenvalue weighted by molar-refractivity contribution is 4.65. The Bertz CT molecular complexity index is 126. The number of rotatable bonds is 10. The molecule has 15 heavy (non-hydrogen) atoms. The van der Waals surface area contributed by atoms with Gasteiger partial charge in [0.25, 0.3) is 0 Å². The maximum Gasteiger partial charge on any atom is 0.0799 e. The van der Waals surface area contributed by atoms with E-state index in [1.807, 2.05) is 6.92 Å². The van der Waals surface area contributed by atoms with Gasteiger partial charge in [0.2, 0.25) is 0 Å². The predicted octanol–water partition coefficient (Wildman–Crippen LogP) is 3.26. The summed E-state index contributed by atoms with van der Waals surface area (Å²) in [7, 11) is 0. The molecule has 0 aromatic heterocycles. The fourth-order valence-corrected chi connectivity index (χ4v) is 1.78. The third-order valence-corrected chi connectivity index (χ3v) is 2.97. The van der Waals surface area contributed by atoms with Crippen molar-refractivity contribution in [1.82, 2.24) is 0 Å². The zero-order valence-corrected chi connectivity index (χ0v) is 10.4. The van der Waals surface area contributed by atoms with E-state index < -0.39 is 12.2 Å². The molecule has 0 aliphatic heterocycles. The SMILES string of the molecule is CCCCCCCCC[C@@H](O)[C@H](O)CC. The smallest absolute Gasteiger partial charge is 0.0799 e. The van der Waals surface area contributed by atoms with Crippen LogP contribution in [0.1, 0.15) is 71.6 Å². The molecule has 2 heteroatoms. The predicted molar refractivity (Wildman–Crippen MR) is 64.9 cm³/mol. The van der Waals surface area contributed by atoms with Crippen molar-refractivity contribution in [3.63, 3.8) is 0 Å². The Kier molecular flexibility index (Phi) is 10.4. The summed E-state index contributed by atoms with van der Waals surface area (Å²) in [5, 5.41) is 18.9. The Balaban J connectivity index is 3.16. The molecule has 2 N–H and O–H groups in total. The zero-order valence-electron chi connectivity index (χ0n) is 10.4. The minimum absolute atomic E-state index is 0.509. The number of unbranched alkanes of at least 4 members (excludes halogenated alkanes) is 6. The van der Waals surface area contributed by atoms with Crippen molar-refractivity contribution >= 4 is 0 Å². The topological polar surface area (TPSA) is 40.5 Å². The lowest BCUT2D eigenvalue weighted by atomic mass is 10.0. The lowest BCUT2D eigenvalue weighted by Crippen LogP contribution is -2.24. The van der Waals surface area contributed by atoms with Crippen molar-refractivity contribution in [2.24, 2.45) is 0 Å². The summed E-state index contributed by atoms with van der Waals surface area (Å²) in [6.07, 6.45) is 9.18. The van der Waals surface area contributed by atoms with Crippen molar-refractivity contribution in [1.29, 1.82) is 0 Å². The normalized spacial score (nSPS) is 15.2. The lowest BCUT2D eigenvalue weighted by Gasteiger charge is -2.15. The van der Waals surface area contributed by atoms with Gasteiger partial charge in [-0.1, -0.05) is 58.8 Å². The first-order valence-electron chi connectivity index (χ1n) is 6.58. The Labute approximate surface area is 94.7 Å². The molecule has 0 amide bonds. The fraction of sp³-hybridized carbons (Fsp3) is 1.00. The van der Waals surface area contributed by atoms with Gasteiger partial charge in [-0.15, -0.1) is 0 Å². The number of hydrogen-bond donors (Lipinski definition) is 2. The average Bonchev–Trinajstić information content (AvgIpc) is 2.26. The van der Waals surface area contributed by atoms with Crippen molar-refractivity contribution in [2.45, 2.75) is 83.8 Å². The van der Waals surface area contributed by atoms with E-state index in [0.29, 0.717) is 6.42 Å². The van der Waals surface area contributed by atoms with Crippen LogP contribution in [-0.2, 0) is 0 Å². The van der Waals surface area contributed by atoms with E-state index in [0.717, 1.165) is 12.8 Å². The van der Waals surface area contributed by atoms with E-state index in [1.54, 1.807) is 0 Å². The fourth-order valence-electron chi connectivity index (χ4n) is 1.78. The van der Waals surface area contributed by atoms with Crippen LogP contribution in [0.25, 0.3) is 0 Å². The molecular formula is C13H28O2. The molecule has 0 unspecified atom stereocenters. The molecule has 0 bridgehead atoms. The molecule has 0 rings (SSSR count). The highest BCUT2D eigenvalue weighted by atomic mass is 16.3. The third-order valence-electron chi connectivity index (χ3n) is 2.97. The average molecular weight is 216 g/mol. The molecule has 0 aromatic carbocycles. The first-order valence-corrected chi connectivity index (χ1v) is 6.58. The summed E-state index contributed by atoms with van der Waals surface area (Å²) in [6, 6.07) is 0. The van der Waals surface area contributed by atoms with Crippen LogP contribution in [0.3, 0.4) is 0 Å². The summed E-state index contributed by atoms with van der Waals surface area (Å²) in [4.78, 5) is 0. The number of aliphatic hydroxyl groups is 2. The van der Waals surface area contributed by atoms with Crippen LogP contribution in [-0.4, -0.2) is 22.4 Å². The van der Waals surface area contributed by atoms with Gasteiger partial charge < -0.3 is 10.2 Å². The van der Waals surface area contributed by atoms with E-state index >= 15 is 0 Å². The molecule has 92 valence electrons. The molecular weight excluding hydrogens is 188 g/mol. The van der Waals surface area contributed by atoms with Gasteiger partial charge in [-0.05, 0) is 12.8 Å². The molecule has 0 saturated carbocycles. The monoisotopic (exact) mass is 216 g/mol. The zero-order chi connectivity index (χ0) is 11.5. The molecule has 0 aliphatic rings. The minimum Gasteiger partial charge on any atom is -0.390 e. The summed E-state index contributed by atoms with van der Waals surface area (Å²) >= 11 is 0. The molecule has 2 nitrogen and oxygen atoms in total. The quantitative estimate of drug-likeness (QED) is 0.550. The van der Waals surface area contributed by atoms with Gasteiger partial charge in [0.05, 0.1) is 12.2 Å². The Morgan fingerprint density at radius 3 is 1.80 bits per heavy atom. The van der Waals surface area contributed by atoms with E-state index in [1.165, 1.54) is 38.5 Å². The van der Waals surface area contributed by atoms with Crippen molar-refractivity contribution in [3.05, 3.63) is 0 Å². The van der Waals surface area contributed by atoms with Gasteiger partial charge in [-0.2, -0.15) is 0 Å². The molecule has 0 aromatic rings. The van der Waals surface area contributed by atoms with E-state index in [4.69, 9.17) is 0 Å². The van der Waals surface area contributed by atoms with Gasteiger partial charge in [0, 0.05) is 0 Å². The summed E-state index contributed by atoms with van der Waals surface area (Å²) in [5.74, 6) is 0. The standard InChI is InChI=1S/C13H28O2/c1-3-5-6-7-8-9-10-11-13(15)12(14)4-2/h12-15H,3-11H2,1-2H3/t12-,13-/m1/s1. The second-order valence-corrected chi connectivity index (χ2v) is 4.45. The van der Waals surface area contributed by atoms with Crippen LogP contribution in [0.4, 0.5) is 0 Å². The van der Waals surface area contributed by atoms with Gasteiger partial charge in [0.1, 0.15) is 0 Å². The molecule has 0 heterocycles. The summed E-state index contributed by atoms with van der Waals surface area (Å²) in [5.41, 5.74) is 0. The Morgan fingerprint density at radius 1 is 0.733 bits per heavy atom. The summed E-state index contributed by atoms with van der Waals surface area (Å²) < 4.78 is 0. The maximum absolute atomic E-state index is 9.51. The van der Waals surface area contributed by atoms with E-state index in [9.17, 15) is 10.2 Å². The molecule has 0 aliphatic carbocycles. The number of hydrogen-bond acceptors (Lipinski definition) is 2. The van der Waals surface area contributed by atoms with Gasteiger partial charge in [-0.3, -0.25) is 0 Å². The highest BCUT2D eigenvalue weighted by Gasteiger charge is 2.12. The van der Waals surface area contributed by atoms with Crippen molar-refractivity contribution in [3.8, 4) is 0 Å². The molecule has 0 saturated heterocycles. The molecule has 2 atom stereocenters. The van der Waals surface area contributed by atoms with Crippen molar-refractivity contribution < 1.29 is 10.2 Å². The van der Waals surface area contributed by atoms with Crippen LogP contribution in [0.2, 0.25) is 0 Å². The Morgan fingerprint density at radius 2 is 1.27 bits per heavy atom. The van der Waals surface area contributed by atoms with Crippen LogP contribution in [0.5, 0.6) is 0 Å². The largest absolute Gasteiger partial charge is 0.390 e. The van der Waals surface area contributed by atoms with Crippen LogP contribution in [0.15, 0.2) is 0 Å². The second-order valence-electron chi connectivity index (χ2n) is 4.45. The minimum atomic E-state index is -0.523. The first kappa shape index (κ1) is 14.9. The molecule has 0 fully saturated rings. The Hall–Kier alpha value is -0.0800. The van der Waals surface area contributed by atoms with Gasteiger partial charge >= 0.3 is 0 Å². The maximum atomic E-state index is 9.51. The molecule has 0 radical (unpaired) electrons. The summed E-state index contributed by atoms with van der Waals surface area (Å²) in [6.45, 7) is 4.13. The second kappa shape index (κ2) is 10.4. The lowest BCUT2D eigenvalue weighted by molar-refractivity contribution is 0.0114. The number of aliphatic hydroxyl groups excluding tert-OH is 2. The van der Waals surface area contributed by atoms with E-state index in [-0.39, 0.29) is 0 Å². The highest BCUT2D eigenvalue weighted by Crippen LogP contribution is 2.12. The third kappa shape index (κ3) is 8.88. The van der Waals surface area contributed by atoms with Crippen LogP contribution >= 0.6 is 0 Å². The van der Waals surface area contributed by atoms with E-state index in [2.05, 4.69) is 6.92 Å². The van der Waals surface area contributed by atoms with Gasteiger partial charge in [-0.25, -0.2) is 0 Å². The van der Waals surface area contributed by atoms with Crippen LogP contribution in [0, 0.1) is 0 Å². The molecule has 0 spiro atoms. The van der Waals surface area contributed by atoms with Crippen LogP contribution < -0.4 is 0 Å².